The number of benzene rings is 2. The number of thiophene rings is 1. The molecule has 0 aliphatic heterocycles. The lowest BCUT2D eigenvalue weighted by Crippen LogP contribution is -2.25. The number of hydrogen-bond acceptors (Lipinski definition) is 3. The third-order valence-corrected chi connectivity index (χ3v) is 5.47. The lowest BCUT2D eigenvalue weighted by atomic mass is 10.1. The van der Waals surface area contributed by atoms with Crippen molar-refractivity contribution in [2.45, 2.75) is 0 Å². The maximum absolute atomic E-state index is 13.3. The summed E-state index contributed by atoms with van der Waals surface area (Å²) in [7, 11) is 0. The van der Waals surface area contributed by atoms with Crippen molar-refractivity contribution in [1.29, 1.82) is 0 Å². The van der Waals surface area contributed by atoms with E-state index in [-0.39, 0.29) is 5.91 Å². The van der Waals surface area contributed by atoms with Gasteiger partial charge in [0.25, 0.3) is 5.91 Å². The Kier molecular flexibility index (Phi) is 4.34. The van der Waals surface area contributed by atoms with Gasteiger partial charge in [0.05, 0.1) is 19.9 Å². The number of fused-ring (bicyclic) bond motifs is 1. The molecule has 0 unspecified atom stereocenters. The Morgan fingerprint density at radius 2 is 1.72 bits per heavy atom. The molecule has 3 nitrogen and oxygen atoms in total. The molecule has 0 aliphatic carbocycles. The van der Waals surface area contributed by atoms with E-state index in [1.165, 1.54) is 11.3 Å². The number of para-hydroxylation sites is 2. The van der Waals surface area contributed by atoms with Crippen LogP contribution in [0.25, 0.3) is 10.9 Å². The van der Waals surface area contributed by atoms with Crippen LogP contribution in [0.3, 0.4) is 0 Å². The van der Waals surface area contributed by atoms with Gasteiger partial charge in [-0.15, -0.1) is 11.3 Å². The number of hydrogen-bond donors (Lipinski definition) is 0. The number of aromatic nitrogens is 1. The van der Waals surface area contributed by atoms with E-state index in [0.29, 0.717) is 4.88 Å². The number of amides is 1. The molecule has 122 valence electrons. The number of nitrogens with zero attached hydrogens (tertiary/aromatic N) is 2. The van der Waals surface area contributed by atoms with Crippen LogP contribution < -0.4 is 4.90 Å². The molecule has 0 atom stereocenters. The first-order chi connectivity index (χ1) is 12.2. The zero-order chi connectivity index (χ0) is 17.2. The topological polar surface area (TPSA) is 33.2 Å². The summed E-state index contributed by atoms with van der Waals surface area (Å²) in [5, 5.41) is 1.00. The molecule has 0 radical (unpaired) electrons. The Morgan fingerprint density at radius 1 is 0.920 bits per heavy atom. The smallest absolute Gasteiger partial charge is 0.273 e. The van der Waals surface area contributed by atoms with E-state index in [9.17, 15) is 4.79 Å². The van der Waals surface area contributed by atoms with Crippen LogP contribution in [0, 0.1) is 0 Å². The van der Waals surface area contributed by atoms with Crippen LogP contribution in [0.1, 0.15) is 9.67 Å². The minimum absolute atomic E-state index is 0.0694. The number of carbonyl (C=O) groups is 1. The number of pyridine rings is 1. The monoisotopic (exact) mass is 408 g/mol. The molecule has 0 spiro atoms. The summed E-state index contributed by atoms with van der Waals surface area (Å²) < 4.78 is 0.930. The van der Waals surface area contributed by atoms with Crippen molar-refractivity contribution >= 4 is 55.5 Å². The Morgan fingerprint density at radius 3 is 2.48 bits per heavy atom. The summed E-state index contributed by atoms with van der Waals surface area (Å²) in [6.07, 6.45) is 1.75. The molecule has 1 amide bonds. The number of carbonyl (C=O) groups excluding carboxylic acids is 1. The molecular formula is C20H13BrN2OS. The van der Waals surface area contributed by atoms with Gasteiger partial charge in [0.1, 0.15) is 0 Å². The van der Waals surface area contributed by atoms with E-state index >= 15 is 0 Å². The average molecular weight is 409 g/mol. The summed E-state index contributed by atoms with van der Waals surface area (Å²) in [5.74, 6) is -0.0694. The third-order valence-electron chi connectivity index (χ3n) is 3.85. The van der Waals surface area contributed by atoms with Crippen molar-refractivity contribution < 1.29 is 4.79 Å². The van der Waals surface area contributed by atoms with Crippen LogP contribution >= 0.6 is 27.3 Å². The fourth-order valence-corrected chi connectivity index (χ4v) is 4.07. The van der Waals surface area contributed by atoms with E-state index in [2.05, 4.69) is 20.9 Å². The summed E-state index contributed by atoms with van der Waals surface area (Å²) in [6.45, 7) is 0. The zero-order valence-corrected chi connectivity index (χ0v) is 15.5. The molecule has 25 heavy (non-hydrogen) atoms. The van der Waals surface area contributed by atoms with Gasteiger partial charge in [-0.05, 0) is 52.3 Å². The van der Waals surface area contributed by atoms with Crippen molar-refractivity contribution in [2.75, 3.05) is 4.90 Å². The quantitative estimate of drug-likeness (QED) is 0.414. The van der Waals surface area contributed by atoms with Crippen LogP contribution in [0.4, 0.5) is 11.4 Å². The predicted octanol–water partition coefficient (Wildman–Crippen LogP) is 6.04. The van der Waals surface area contributed by atoms with Crippen molar-refractivity contribution in [2.24, 2.45) is 0 Å². The highest BCUT2D eigenvalue weighted by molar-refractivity contribution is 9.11. The molecule has 0 bridgehead atoms. The number of halogens is 1. The SMILES string of the molecule is O=C(c1ccc(Br)s1)N(c1ccccc1)c1cccc2cccnc12. The molecule has 2 aromatic carbocycles. The highest BCUT2D eigenvalue weighted by Gasteiger charge is 2.23. The maximum Gasteiger partial charge on any atom is 0.273 e. The Bertz CT molecular complexity index is 1040. The zero-order valence-electron chi connectivity index (χ0n) is 13.1. The van der Waals surface area contributed by atoms with Gasteiger partial charge in [0, 0.05) is 17.3 Å². The van der Waals surface area contributed by atoms with E-state index in [1.807, 2.05) is 72.8 Å². The number of rotatable bonds is 3. The Balaban J connectivity index is 1.93. The molecule has 5 heteroatoms. The van der Waals surface area contributed by atoms with Crippen LogP contribution in [-0.4, -0.2) is 10.9 Å². The molecule has 4 rings (SSSR count). The van der Waals surface area contributed by atoms with Crippen LogP contribution in [0.5, 0.6) is 0 Å². The van der Waals surface area contributed by atoms with E-state index < -0.39 is 0 Å². The van der Waals surface area contributed by atoms with Gasteiger partial charge in [0.15, 0.2) is 0 Å². The minimum atomic E-state index is -0.0694. The first-order valence-electron chi connectivity index (χ1n) is 7.72. The van der Waals surface area contributed by atoms with E-state index in [4.69, 9.17) is 0 Å². The highest BCUT2D eigenvalue weighted by Crippen LogP contribution is 2.34. The largest absolute Gasteiger partial charge is 0.274 e. The molecule has 0 aliphatic rings. The maximum atomic E-state index is 13.3. The minimum Gasteiger partial charge on any atom is -0.274 e. The Hall–Kier alpha value is -2.50. The molecule has 4 aromatic rings. The van der Waals surface area contributed by atoms with E-state index in [1.54, 1.807) is 11.1 Å². The molecule has 0 saturated heterocycles. The second-order valence-electron chi connectivity index (χ2n) is 5.43. The second kappa shape index (κ2) is 6.78. The van der Waals surface area contributed by atoms with Crippen LogP contribution in [0.2, 0.25) is 0 Å². The normalized spacial score (nSPS) is 10.8. The fraction of sp³-hybridized carbons (Fsp3) is 0. The van der Waals surface area contributed by atoms with Gasteiger partial charge in [-0.1, -0.05) is 36.4 Å². The third kappa shape index (κ3) is 3.08. The molecule has 0 fully saturated rings. The van der Waals surface area contributed by atoms with Crippen LogP contribution in [-0.2, 0) is 0 Å². The van der Waals surface area contributed by atoms with Gasteiger partial charge in [-0.2, -0.15) is 0 Å². The molecule has 2 heterocycles. The first-order valence-corrected chi connectivity index (χ1v) is 9.33. The fourth-order valence-electron chi connectivity index (χ4n) is 2.75. The van der Waals surface area contributed by atoms with Gasteiger partial charge in [-0.25, -0.2) is 0 Å². The second-order valence-corrected chi connectivity index (χ2v) is 7.90. The predicted molar refractivity (Wildman–Crippen MR) is 107 cm³/mol. The van der Waals surface area contributed by atoms with Crippen molar-refractivity contribution in [3.05, 3.63) is 87.7 Å². The van der Waals surface area contributed by atoms with Crippen LogP contribution in [0.15, 0.2) is 82.8 Å². The van der Waals surface area contributed by atoms with Crippen molar-refractivity contribution in [1.82, 2.24) is 4.98 Å². The lowest BCUT2D eigenvalue weighted by molar-refractivity contribution is 0.100. The summed E-state index contributed by atoms with van der Waals surface area (Å²) in [5.41, 5.74) is 2.40. The Labute approximate surface area is 157 Å². The molecule has 2 aromatic heterocycles. The summed E-state index contributed by atoms with van der Waals surface area (Å²) >= 11 is 4.86. The van der Waals surface area contributed by atoms with Crippen molar-refractivity contribution in [3.8, 4) is 0 Å². The summed E-state index contributed by atoms with van der Waals surface area (Å²) in [4.78, 5) is 20.2. The van der Waals surface area contributed by atoms with Gasteiger partial charge in [-0.3, -0.25) is 14.7 Å². The number of anilines is 2. The molecule has 0 saturated carbocycles. The highest BCUT2D eigenvalue weighted by atomic mass is 79.9. The molecule has 0 N–H and O–H groups in total. The molecular weight excluding hydrogens is 396 g/mol. The van der Waals surface area contributed by atoms with Gasteiger partial charge >= 0.3 is 0 Å². The first kappa shape index (κ1) is 16.0. The van der Waals surface area contributed by atoms with Gasteiger partial charge < -0.3 is 0 Å². The summed E-state index contributed by atoms with van der Waals surface area (Å²) in [6, 6.07) is 23.2. The lowest BCUT2D eigenvalue weighted by Gasteiger charge is -2.23. The van der Waals surface area contributed by atoms with Crippen molar-refractivity contribution in [3.63, 3.8) is 0 Å². The average Bonchev–Trinajstić information content (AvgIpc) is 3.09. The standard InChI is InChI=1S/C20H13BrN2OS/c21-18-12-11-17(25-18)20(24)23(15-8-2-1-3-9-15)16-10-4-6-14-7-5-13-22-19(14)16/h1-13H. The van der Waals surface area contributed by atoms with E-state index in [0.717, 1.165) is 26.1 Å². The van der Waals surface area contributed by atoms with Gasteiger partial charge in [0.2, 0.25) is 0 Å².